The maximum Gasteiger partial charge on any atom is 0.328 e. The van der Waals surface area contributed by atoms with Crippen molar-refractivity contribution >= 4 is 12.0 Å². The van der Waals surface area contributed by atoms with E-state index >= 15 is 0 Å². The molecular weight excluding hydrogens is 172 g/mol. The lowest BCUT2D eigenvalue weighted by Gasteiger charge is -1.99. The molecule has 0 spiro atoms. The average Bonchev–Trinajstić information content (AvgIpc) is 2.15. The van der Waals surface area contributed by atoms with Gasteiger partial charge in [-0.1, -0.05) is 18.2 Å². The molecule has 1 aromatic carbocycles. The lowest BCUT2D eigenvalue weighted by atomic mass is 10.2. The minimum absolute atomic E-state index is 0.222. The Labute approximate surface area is 74.6 Å². The van der Waals surface area contributed by atoms with E-state index in [9.17, 15) is 4.79 Å². The molecule has 0 saturated heterocycles. The maximum atomic E-state index is 10.2. The lowest BCUT2D eigenvalue weighted by molar-refractivity contribution is -0.137. The van der Waals surface area contributed by atoms with E-state index in [1.54, 1.807) is 18.2 Å². The van der Waals surface area contributed by atoms with Gasteiger partial charge in [0.1, 0.15) is 0 Å². The van der Waals surface area contributed by atoms with Crippen LogP contribution in [-0.4, -0.2) is 16.3 Å². The highest BCUT2D eigenvalue weighted by atomic mass is 17.1. The molecule has 1 aromatic rings. The van der Waals surface area contributed by atoms with E-state index in [2.05, 4.69) is 4.89 Å². The Morgan fingerprint density at radius 2 is 2.08 bits per heavy atom. The van der Waals surface area contributed by atoms with Gasteiger partial charge in [-0.05, 0) is 12.1 Å². The smallest absolute Gasteiger partial charge is 0.328 e. The van der Waals surface area contributed by atoms with Crippen LogP contribution in [0.15, 0.2) is 30.3 Å². The molecule has 0 fully saturated rings. The molecule has 0 radical (unpaired) electrons. The zero-order valence-electron chi connectivity index (χ0n) is 6.68. The summed E-state index contributed by atoms with van der Waals surface area (Å²) in [6.45, 7) is 0. The van der Waals surface area contributed by atoms with Crippen molar-refractivity contribution in [1.82, 2.24) is 0 Å². The number of carbonyl (C=O) groups is 1. The molecule has 4 nitrogen and oxygen atoms in total. The first-order valence-corrected chi connectivity index (χ1v) is 3.55. The van der Waals surface area contributed by atoms with Gasteiger partial charge in [0.2, 0.25) is 0 Å². The first kappa shape index (κ1) is 9.28. The van der Waals surface area contributed by atoms with E-state index in [1.165, 1.54) is 12.1 Å². The van der Waals surface area contributed by atoms with Crippen molar-refractivity contribution in [2.45, 2.75) is 0 Å². The molecule has 0 atom stereocenters. The molecule has 13 heavy (non-hydrogen) atoms. The monoisotopic (exact) mass is 180 g/mol. The highest BCUT2D eigenvalue weighted by Crippen LogP contribution is 2.18. The molecule has 0 aliphatic rings. The van der Waals surface area contributed by atoms with Crippen molar-refractivity contribution in [3.63, 3.8) is 0 Å². The van der Waals surface area contributed by atoms with Crippen LogP contribution in [0.3, 0.4) is 0 Å². The summed E-state index contributed by atoms with van der Waals surface area (Å²) in [6.07, 6.45) is 2.31. The Bertz CT molecular complexity index is 330. The predicted molar refractivity (Wildman–Crippen MR) is 46.4 cm³/mol. The first-order chi connectivity index (χ1) is 6.24. The molecule has 0 unspecified atom stereocenters. The molecule has 0 amide bonds. The summed E-state index contributed by atoms with van der Waals surface area (Å²) >= 11 is 0. The summed E-state index contributed by atoms with van der Waals surface area (Å²) in [5.41, 5.74) is 0.507. The molecule has 2 N–H and O–H groups in total. The van der Waals surface area contributed by atoms with Gasteiger partial charge in [0, 0.05) is 11.6 Å². The SMILES string of the molecule is O=C(O)/C=C/c1ccccc1OO. The predicted octanol–water partition coefficient (Wildman–Crippen LogP) is 1.64. The summed E-state index contributed by atoms with van der Waals surface area (Å²) in [5, 5.41) is 16.8. The van der Waals surface area contributed by atoms with Gasteiger partial charge in [-0.2, -0.15) is 0 Å². The quantitative estimate of drug-likeness (QED) is 0.421. The van der Waals surface area contributed by atoms with Gasteiger partial charge in [0.15, 0.2) is 5.75 Å². The van der Waals surface area contributed by atoms with Crippen LogP contribution >= 0.6 is 0 Å². The van der Waals surface area contributed by atoms with Gasteiger partial charge in [-0.3, -0.25) is 0 Å². The Kier molecular flexibility index (Phi) is 3.05. The molecule has 0 aliphatic carbocycles. The zero-order valence-corrected chi connectivity index (χ0v) is 6.68. The molecule has 68 valence electrons. The van der Waals surface area contributed by atoms with Crippen molar-refractivity contribution in [3.05, 3.63) is 35.9 Å². The van der Waals surface area contributed by atoms with E-state index in [-0.39, 0.29) is 5.75 Å². The van der Waals surface area contributed by atoms with E-state index in [4.69, 9.17) is 10.4 Å². The minimum atomic E-state index is -1.05. The van der Waals surface area contributed by atoms with Gasteiger partial charge in [-0.15, -0.1) is 0 Å². The standard InChI is InChI=1S/C9H8O4/c10-9(11)6-5-7-3-1-2-4-8(7)13-12/h1-6,12H,(H,10,11)/b6-5+. The third-order valence-electron chi connectivity index (χ3n) is 1.42. The average molecular weight is 180 g/mol. The summed E-state index contributed by atoms with van der Waals surface area (Å²) in [5.74, 6) is -0.826. The van der Waals surface area contributed by atoms with Crippen molar-refractivity contribution in [1.29, 1.82) is 0 Å². The Hall–Kier alpha value is -1.81. The van der Waals surface area contributed by atoms with E-state index in [0.29, 0.717) is 5.56 Å². The summed E-state index contributed by atoms with van der Waals surface area (Å²) in [4.78, 5) is 14.2. The van der Waals surface area contributed by atoms with Crippen LogP contribution in [0, 0.1) is 0 Å². The first-order valence-electron chi connectivity index (χ1n) is 3.55. The highest BCUT2D eigenvalue weighted by molar-refractivity contribution is 5.85. The molecule has 0 saturated carbocycles. The summed E-state index contributed by atoms with van der Waals surface area (Å²) in [6, 6.07) is 6.54. The second-order valence-electron chi connectivity index (χ2n) is 2.30. The van der Waals surface area contributed by atoms with Crippen LogP contribution in [0.4, 0.5) is 0 Å². The van der Waals surface area contributed by atoms with Gasteiger partial charge in [-0.25, -0.2) is 10.1 Å². The number of rotatable bonds is 3. The second kappa shape index (κ2) is 4.27. The molecule has 1 rings (SSSR count). The Morgan fingerprint density at radius 1 is 1.38 bits per heavy atom. The highest BCUT2D eigenvalue weighted by Gasteiger charge is 1.98. The van der Waals surface area contributed by atoms with E-state index in [1.807, 2.05) is 0 Å². The van der Waals surface area contributed by atoms with E-state index in [0.717, 1.165) is 6.08 Å². The fourth-order valence-corrected chi connectivity index (χ4v) is 0.862. The van der Waals surface area contributed by atoms with Crippen LogP contribution in [0.1, 0.15) is 5.56 Å². The largest absolute Gasteiger partial charge is 0.478 e. The lowest BCUT2D eigenvalue weighted by Crippen LogP contribution is -1.89. The summed E-state index contributed by atoms with van der Waals surface area (Å²) < 4.78 is 0. The van der Waals surface area contributed by atoms with Crippen LogP contribution in [-0.2, 0) is 4.79 Å². The molecule has 0 aromatic heterocycles. The maximum absolute atomic E-state index is 10.2. The van der Waals surface area contributed by atoms with Gasteiger partial charge in [0.05, 0.1) is 0 Å². The van der Waals surface area contributed by atoms with Gasteiger partial charge in [0.25, 0.3) is 0 Å². The van der Waals surface area contributed by atoms with Crippen LogP contribution in [0.5, 0.6) is 5.75 Å². The molecule has 0 heterocycles. The number of aliphatic carboxylic acids is 1. The number of carboxylic acid groups (broad SMARTS) is 1. The fraction of sp³-hybridized carbons (Fsp3) is 0. The molecular formula is C9H8O4. The van der Waals surface area contributed by atoms with E-state index < -0.39 is 5.97 Å². The number of benzene rings is 1. The normalized spacial score (nSPS) is 10.2. The molecule has 0 aliphatic heterocycles. The van der Waals surface area contributed by atoms with Crippen LogP contribution in [0.25, 0.3) is 6.08 Å². The van der Waals surface area contributed by atoms with Crippen molar-refractivity contribution in [2.75, 3.05) is 0 Å². The fourth-order valence-electron chi connectivity index (χ4n) is 0.862. The van der Waals surface area contributed by atoms with Crippen molar-refractivity contribution < 1.29 is 20.0 Å². The number of hydrogen-bond acceptors (Lipinski definition) is 3. The zero-order chi connectivity index (χ0) is 9.68. The Morgan fingerprint density at radius 3 is 2.69 bits per heavy atom. The number of para-hydroxylation sites is 1. The minimum Gasteiger partial charge on any atom is -0.478 e. The molecule has 0 bridgehead atoms. The second-order valence-corrected chi connectivity index (χ2v) is 2.30. The van der Waals surface area contributed by atoms with Crippen molar-refractivity contribution in [2.24, 2.45) is 0 Å². The Balaban J connectivity index is 2.93. The summed E-state index contributed by atoms with van der Waals surface area (Å²) in [7, 11) is 0. The topological polar surface area (TPSA) is 66.8 Å². The number of hydrogen-bond donors (Lipinski definition) is 2. The van der Waals surface area contributed by atoms with Crippen LogP contribution in [0.2, 0.25) is 0 Å². The number of carboxylic acids is 1. The third kappa shape index (κ3) is 2.61. The third-order valence-corrected chi connectivity index (χ3v) is 1.42. The van der Waals surface area contributed by atoms with Gasteiger partial charge >= 0.3 is 5.97 Å². The van der Waals surface area contributed by atoms with Crippen LogP contribution < -0.4 is 4.89 Å². The van der Waals surface area contributed by atoms with Crippen molar-refractivity contribution in [3.8, 4) is 5.75 Å². The van der Waals surface area contributed by atoms with Gasteiger partial charge < -0.3 is 9.99 Å². The molecule has 4 heteroatoms.